The summed E-state index contributed by atoms with van der Waals surface area (Å²) in [6.45, 7) is 4.51. The van der Waals surface area contributed by atoms with E-state index in [9.17, 15) is 9.18 Å². The predicted molar refractivity (Wildman–Crippen MR) is 101 cm³/mol. The van der Waals surface area contributed by atoms with E-state index in [1.54, 1.807) is 19.2 Å². The second-order valence-corrected chi connectivity index (χ2v) is 6.69. The lowest BCUT2D eigenvalue weighted by atomic mass is 10.1. The van der Waals surface area contributed by atoms with Crippen LogP contribution in [0.25, 0.3) is 0 Å². The van der Waals surface area contributed by atoms with Gasteiger partial charge in [0.2, 0.25) is 0 Å². The first-order valence-corrected chi connectivity index (χ1v) is 9.08. The molecule has 0 unspecified atom stereocenters. The van der Waals surface area contributed by atoms with E-state index in [1.807, 2.05) is 18.2 Å². The molecule has 1 saturated heterocycles. The highest BCUT2D eigenvalue weighted by molar-refractivity contribution is 5.73. The molecule has 2 amide bonds. The summed E-state index contributed by atoms with van der Waals surface area (Å²) in [6, 6.07) is 8.63. The van der Waals surface area contributed by atoms with E-state index in [2.05, 4.69) is 20.5 Å². The van der Waals surface area contributed by atoms with Crippen molar-refractivity contribution in [1.29, 1.82) is 0 Å². The zero-order chi connectivity index (χ0) is 18.4. The zero-order valence-corrected chi connectivity index (χ0v) is 15.1. The van der Waals surface area contributed by atoms with Gasteiger partial charge >= 0.3 is 6.03 Å². The summed E-state index contributed by atoms with van der Waals surface area (Å²) in [5.41, 5.74) is 2.34. The van der Waals surface area contributed by atoms with Gasteiger partial charge in [-0.1, -0.05) is 12.1 Å². The number of nitrogens with zero attached hydrogens (tertiary/aromatic N) is 2. The zero-order valence-electron chi connectivity index (χ0n) is 15.1. The molecule has 2 heterocycles. The topological polar surface area (TPSA) is 57.3 Å². The van der Waals surface area contributed by atoms with E-state index in [0.29, 0.717) is 18.7 Å². The van der Waals surface area contributed by atoms with Crippen molar-refractivity contribution in [3.05, 3.63) is 59.0 Å². The fraction of sp³-hybridized carbons (Fsp3) is 0.400. The number of aryl methyl sites for hydroxylation is 1. The highest BCUT2D eigenvalue weighted by atomic mass is 19.1. The summed E-state index contributed by atoms with van der Waals surface area (Å²) < 4.78 is 13.5. The number of amides is 2. The van der Waals surface area contributed by atoms with Gasteiger partial charge in [0.15, 0.2) is 0 Å². The molecule has 0 bridgehead atoms. The molecule has 0 saturated carbocycles. The van der Waals surface area contributed by atoms with E-state index in [1.165, 1.54) is 25.3 Å². The lowest BCUT2D eigenvalue weighted by Gasteiger charge is -2.27. The molecule has 3 rings (SSSR count). The van der Waals surface area contributed by atoms with Crippen molar-refractivity contribution in [3.63, 3.8) is 0 Å². The maximum atomic E-state index is 13.5. The monoisotopic (exact) mass is 356 g/mol. The van der Waals surface area contributed by atoms with E-state index in [0.717, 1.165) is 30.0 Å². The predicted octanol–water partition coefficient (Wildman–Crippen LogP) is 3.52. The van der Waals surface area contributed by atoms with Crippen LogP contribution in [0, 0.1) is 12.7 Å². The highest BCUT2D eigenvalue weighted by Crippen LogP contribution is 2.18. The molecule has 2 N–H and O–H groups in total. The number of carbonyl (C=O) groups excluding carboxylic acids is 1. The Bertz CT molecular complexity index is 759. The highest BCUT2D eigenvalue weighted by Gasteiger charge is 2.12. The molecule has 26 heavy (non-hydrogen) atoms. The Morgan fingerprint density at radius 3 is 2.46 bits per heavy atom. The van der Waals surface area contributed by atoms with Crippen LogP contribution in [0.1, 0.15) is 36.0 Å². The molecule has 0 aliphatic carbocycles. The van der Waals surface area contributed by atoms with Gasteiger partial charge in [-0.15, -0.1) is 0 Å². The SMILES string of the molecule is Cc1ccc(CNC(=O)NCc2ccnc(N3CCCCC3)c2)cc1F. The smallest absolute Gasteiger partial charge is 0.315 e. The number of anilines is 1. The minimum Gasteiger partial charge on any atom is -0.357 e. The number of hydrogen-bond acceptors (Lipinski definition) is 3. The number of rotatable bonds is 5. The van der Waals surface area contributed by atoms with E-state index >= 15 is 0 Å². The molecule has 2 aromatic rings. The average Bonchev–Trinajstić information content (AvgIpc) is 2.68. The molecule has 0 atom stereocenters. The number of urea groups is 1. The molecular formula is C20H25FN4O. The Labute approximate surface area is 153 Å². The lowest BCUT2D eigenvalue weighted by Crippen LogP contribution is -2.34. The largest absolute Gasteiger partial charge is 0.357 e. The van der Waals surface area contributed by atoms with Gasteiger partial charge < -0.3 is 15.5 Å². The molecule has 6 heteroatoms. The molecule has 1 aromatic carbocycles. The van der Waals surface area contributed by atoms with Gasteiger partial charge in [0.25, 0.3) is 0 Å². The summed E-state index contributed by atoms with van der Waals surface area (Å²) in [4.78, 5) is 18.7. The Balaban J connectivity index is 1.48. The van der Waals surface area contributed by atoms with Gasteiger partial charge in [-0.25, -0.2) is 14.2 Å². The maximum absolute atomic E-state index is 13.5. The number of aromatic nitrogens is 1. The van der Waals surface area contributed by atoms with Crippen LogP contribution < -0.4 is 15.5 Å². The number of pyridine rings is 1. The Hall–Kier alpha value is -2.63. The van der Waals surface area contributed by atoms with Crippen LogP contribution in [0.3, 0.4) is 0 Å². The van der Waals surface area contributed by atoms with E-state index < -0.39 is 0 Å². The first-order valence-electron chi connectivity index (χ1n) is 9.08. The van der Waals surface area contributed by atoms with Crippen LogP contribution in [0.5, 0.6) is 0 Å². The third kappa shape index (κ3) is 4.94. The number of hydrogen-bond donors (Lipinski definition) is 2. The number of nitrogens with one attached hydrogen (secondary N) is 2. The van der Waals surface area contributed by atoms with Crippen LogP contribution in [-0.4, -0.2) is 24.1 Å². The number of halogens is 1. The molecule has 138 valence electrons. The molecule has 0 spiro atoms. The van der Waals surface area contributed by atoms with Gasteiger partial charge in [0, 0.05) is 32.4 Å². The first kappa shape index (κ1) is 18.2. The van der Waals surface area contributed by atoms with Crippen molar-refractivity contribution in [2.45, 2.75) is 39.3 Å². The molecule has 1 aliphatic heterocycles. The normalized spacial score (nSPS) is 14.2. The molecule has 1 aromatic heterocycles. The summed E-state index contributed by atoms with van der Waals surface area (Å²) >= 11 is 0. The third-order valence-electron chi connectivity index (χ3n) is 4.63. The standard InChI is InChI=1S/C20H25FN4O/c1-15-5-6-16(11-18(15)21)13-23-20(26)24-14-17-7-8-22-19(12-17)25-9-3-2-4-10-25/h5-8,11-12H,2-4,9-10,13-14H2,1H3,(H2,23,24,26). The molecule has 5 nitrogen and oxygen atoms in total. The molecule has 1 aliphatic rings. The third-order valence-corrected chi connectivity index (χ3v) is 4.63. The van der Waals surface area contributed by atoms with Gasteiger partial charge in [-0.05, 0) is 61.1 Å². The summed E-state index contributed by atoms with van der Waals surface area (Å²) in [7, 11) is 0. The Morgan fingerprint density at radius 1 is 1.08 bits per heavy atom. The fourth-order valence-corrected chi connectivity index (χ4v) is 3.04. The van der Waals surface area contributed by atoms with Gasteiger partial charge in [0.1, 0.15) is 11.6 Å². The van der Waals surface area contributed by atoms with Crippen molar-refractivity contribution in [2.24, 2.45) is 0 Å². The van der Waals surface area contributed by atoms with Gasteiger partial charge in [-0.2, -0.15) is 0 Å². The van der Waals surface area contributed by atoms with Crippen LogP contribution in [0.4, 0.5) is 15.0 Å². The molecular weight excluding hydrogens is 331 g/mol. The first-order chi connectivity index (χ1) is 12.6. The Kier molecular flexibility index (Phi) is 6.04. The van der Waals surface area contributed by atoms with Crippen LogP contribution in [0.15, 0.2) is 36.5 Å². The van der Waals surface area contributed by atoms with Crippen molar-refractivity contribution in [2.75, 3.05) is 18.0 Å². The minimum absolute atomic E-state index is 0.258. The average molecular weight is 356 g/mol. The van der Waals surface area contributed by atoms with Crippen molar-refractivity contribution >= 4 is 11.8 Å². The van der Waals surface area contributed by atoms with Crippen molar-refractivity contribution < 1.29 is 9.18 Å². The quantitative estimate of drug-likeness (QED) is 0.862. The fourth-order valence-electron chi connectivity index (χ4n) is 3.04. The van der Waals surface area contributed by atoms with Crippen LogP contribution >= 0.6 is 0 Å². The molecule has 1 fully saturated rings. The maximum Gasteiger partial charge on any atom is 0.315 e. The van der Waals surface area contributed by atoms with Crippen molar-refractivity contribution in [1.82, 2.24) is 15.6 Å². The van der Waals surface area contributed by atoms with Crippen LogP contribution in [0.2, 0.25) is 0 Å². The number of carbonyl (C=O) groups is 1. The molecule has 0 radical (unpaired) electrons. The van der Waals surface area contributed by atoms with Gasteiger partial charge in [-0.3, -0.25) is 0 Å². The van der Waals surface area contributed by atoms with Crippen LogP contribution in [-0.2, 0) is 13.1 Å². The summed E-state index contributed by atoms with van der Waals surface area (Å²) in [5.74, 6) is 0.714. The lowest BCUT2D eigenvalue weighted by molar-refractivity contribution is 0.240. The second kappa shape index (κ2) is 8.65. The minimum atomic E-state index is -0.276. The van der Waals surface area contributed by atoms with Gasteiger partial charge in [0.05, 0.1) is 0 Å². The number of benzene rings is 1. The summed E-state index contributed by atoms with van der Waals surface area (Å²) in [6.07, 6.45) is 5.47. The second-order valence-electron chi connectivity index (χ2n) is 6.69. The van der Waals surface area contributed by atoms with E-state index in [-0.39, 0.29) is 11.8 Å². The summed E-state index contributed by atoms with van der Waals surface area (Å²) in [5, 5.41) is 5.59. The van der Waals surface area contributed by atoms with Crippen molar-refractivity contribution in [3.8, 4) is 0 Å². The van der Waals surface area contributed by atoms with E-state index in [4.69, 9.17) is 0 Å². The number of piperidine rings is 1. The Morgan fingerprint density at radius 2 is 1.77 bits per heavy atom.